The number of carbonyl (C=O) groups excluding carboxylic acids is 1. The molecule has 1 amide bonds. The first-order chi connectivity index (χ1) is 12.7. The smallest absolute Gasteiger partial charge is 0.243 e. The number of amides is 1. The molecule has 0 atom stereocenters. The number of hydrogen-bond donors (Lipinski definition) is 1. The molecule has 3 rings (SSSR count). The number of carbonyl (C=O) groups is 1. The van der Waals surface area contributed by atoms with E-state index in [9.17, 15) is 4.79 Å². The van der Waals surface area contributed by atoms with Crippen LogP contribution in [0.1, 0.15) is 43.2 Å². The minimum atomic E-state index is 0.0144. The van der Waals surface area contributed by atoms with Crippen LogP contribution in [0.15, 0.2) is 53.6 Å². The molecule has 0 bridgehead atoms. The topological polar surface area (TPSA) is 50.7 Å². The van der Waals surface area contributed by atoms with Crippen LogP contribution in [-0.2, 0) is 11.4 Å². The van der Waals surface area contributed by atoms with Gasteiger partial charge in [0.1, 0.15) is 12.4 Å². The fourth-order valence-electron chi connectivity index (χ4n) is 3.08. The lowest BCUT2D eigenvalue weighted by atomic mass is 9.89. The van der Waals surface area contributed by atoms with Crippen LogP contribution in [0, 0.1) is 5.92 Å². The molecule has 0 saturated heterocycles. The predicted molar refractivity (Wildman–Crippen MR) is 105 cm³/mol. The summed E-state index contributed by atoms with van der Waals surface area (Å²) in [7, 11) is 0. The van der Waals surface area contributed by atoms with Crippen molar-refractivity contribution in [2.75, 3.05) is 0 Å². The summed E-state index contributed by atoms with van der Waals surface area (Å²) in [5.41, 5.74) is 4.53. The molecule has 136 valence electrons. The normalized spacial score (nSPS) is 15.1. The number of rotatable bonds is 6. The molecule has 0 aliphatic heterocycles. The molecule has 2 aromatic rings. The van der Waals surface area contributed by atoms with Gasteiger partial charge in [-0.1, -0.05) is 55.1 Å². The summed E-state index contributed by atoms with van der Waals surface area (Å²) in [5, 5.41) is 4.83. The molecule has 1 aliphatic rings. The Bertz CT molecular complexity index is 753. The van der Waals surface area contributed by atoms with Crippen molar-refractivity contribution in [3.63, 3.8) is 0 Å². The molecule has 0 unspecified atom stereocenters. The van der Waals surface area contributed by atoms with Crippen molar-refractivity contribution in [3.05, 3.63) is 64.7 Å². The Labute approximate surface area is 159 Å². The lowest BCUT2D eigenvalue weighted by molar-refractivity contribution is -0.125. The van der Waals surface area contributed by atoms with E-state index in [4.69, 9.17) is 16.3 Å². The molecule has 4 nitrogen and oxygen atoms in total. The van der Waals surface area contributed by atoms with Gasteiger partial charge in [-0.3, -0.25) is 4.79 Å². The molecular formula is C21H23ClN2O2. The highest BCUT2D eigenvalue weighted by atomic mass is 35.5. The van der Waals surface area contributed by atoms with E-state index in [1.165, 1.54) is 6.42 Å². The van der Waals surface area contributed by atoms with Crippen molar-refractivity contribution in [1.29, 1.82) is 0 Å². The number of hydrazone groups is 1. The quantitative estimate of drug-likeness (QED) is 0.577. The minimum absolute atomic E-state index is 0.0144. The van der Waals surface area contributed by atoms with Crippen molar-refractivity contribution in [3.8, 4) is 5.75 Å². The average Bonchev–Trinajstić information content (AvgIpc) is 2.69. The van der Waals surface area contributed by atoms with Gasteiger partial charge < -0.3 is 4.74 Å². The minimum Gasteiger partial charge on any atom is -0.488 e. The first-order valence-electron chi connectivity index (χ1n) is 9.01. The maximum absolute atomic E-state index is 12.1. The fourth-order valence-corrected chi connectivity index (χ4v) is 3.21. The van der Waals surface area contributed by atoms with Gasteiger partial charge in [0.2, 0.25) is 5.91 Å². The maximum Gasteiger partial charge on any atom is 0.243 e. The van der Waals surface area contributed by atoms with Crippen LogP contribution in [0.25, 0.3) is 0 Å². The Kier molecular flexibility index (Phi) is 6.67. The van der Waals surface area contributed by atoms with E-state index >= 15 is 0 Å². The number of halogens is 1. The number of nitrogens with zero attached hydrogens (tertiary/aromatic N) is 1. The Morgan fingerprint density at radius 1 is 1.12 bits per heavy atom. The van der Waals surface area contributed by atoms with Gasteiger partial charge in [0.25, 0.3) is 0 Å². The third kappa shape index (κ3) is 5.33. The Hall–Kier alpha value is -2.33. The zero-order valence-electron chi connectivity index (χ0n) is 14.7. The third-order valence-corrected chi connectivity index (χ3v) is 4.83. The molecule has 1 N–H and O–H groups in total. The molecule has 0 aromatic heterocycles. The summed E-state index contributed by atoms with van der Waals surface area (Å²) < 4.78 is 5.89. The maximum atomic E-state index is 12.1. The largest absolute Gasteiger partial charge is 0.488 e. The summed E-state index contributed by atoms with van der Waals surface area (Å²) in [4.78, 5) is 12.1. The van der Waals surface area contributed by atoms with E-state index in [0.717, 1.165) is 42.6 Å². The van der Waals surface area contributed by atoms with Crippen LogP contribution in [-0.4, -0.2) is 12.1 Å². The molecule has 1 aliphatic carbocycles. The second-order valence-electron chi connectivity index (χ2n) is 6.52. The van der Waals surface area contributed by atoms with E-state index in [-0.39, 0.29) is 11.8 Å². The molecule has 2 aromatic carbocycles. The van der Waals surface area contributed by atoms with Gasteiger partial charge in [0, 0.05) is 16.5 Å². The number of benzene rings is 2. The summed E-state index contributed by atoms with van der Waals surface area (Å²) in [6.07, 6.45) is 7.04. The molecule has 5 heteroatoms. The van der Waals surface area contributed by atoms with Gasteiger partial charge in [-0.05, 0) is 42.7 Å². The highest BCUT2D eigenvalue weighted by molar-refractivity contribution is 6.30. The van der Waals surface area contributed by atoms with Crippen molar-refractivity contribution < 1.29 is 9.53 Å². The predicted octanol–water partition coefficient (Wildman–Crippen LogP) is 4.95. The van der Waals surface area contributed by atoms with Gasteiger partial charge in [0.15, 0.2) is 0 Å². The van der Waals surface area contributed by atoms with Crippen molar-refractivity contribution in [2.45, 2.75) is 38.7 Å². The van der Waals surface area contributed by atoms with Gasteiger partial charge in [-0.2, -0.15) is 5.10 Å². The van der Waals surface area contributed by atoms with E-state index < -0.39 is 0 Å². The highest BCUT2D eigenvalue weighted by Gasteiger charge is 2.20. The molecule has 0 spiro atoms. The number of hydrogen-bond acceptors (Lipinski definition) is 3. The van der Waals surface area contributed by atoms with Gasteiger partial charge in [-0.25, -0.2) is 5.43 Å². The second-order valence-corrected chi connectivity index (χ2v) is 6.96. The summed E-state index contributed by atoms with van der Waals surface area (Å²) in [6, 6.07) is 15.2. The summed E-state index contributed by atoms with van der Waals surface area (Å²) in [6.45, 7) is 0.441. The lowest BCUT2D eigenvalue weighted by Crippen LogP contribution is -2.28. The molecule has 1 fully saturated rings. The first-order valence-corrected chi connectivity index (χ1v) is 9.39. The van der Waals surface area contributed by atoms with E-state index in [0.29, 0.717) is 11.6 Å². The summed E-state index contributed by atoms with van der Waals surface area (Å²) >= 11 is 5.90. The summed E-state index contributed by atoms with van der Waals surface area (Å²) in [5.74, 6) is 0.830. The van der Waals surface area contributed by atoms with Crippen LogP contribution in [0.2, 0.25) is 5.02 Å². The zero-order valence-corrected chi connectivity index (χ0v) is 15.4. The van der Waals surface area contributed by atoms with Crippen LogP contribution >= 0.6 is 11.6 Å². The average molecular weight is 371 g/mol. The number of ether oxygens (including phenoxy) is 1. The highest BCUT2D eigenvalue weighted by Crippen LogP contribution is 2.23. The van der Waals surface area contributed by atoms with Gasteiger partial charge in [0.05, 0.1) is 6.21 Å². The Morgan fingerprint density at radius 3 is 2.62 bits per heavy atom. The number of para-hydroxylation sites is 1. The van der Waals surface area contributed by atoms with Crippen LogP contribution in [0.5, 0.6) is 5.75 Å². The van der Waals surface area contributed by atoms with Crippen molar-refractivity contribution in [1.82, 2.24) is 5.43 Å². The van der Waals surface area contributed by atoms with E-state index in [1.807, 2.05) is 48.5 Å². The first kappa shape index (κ1) is 18.5. The van der Waals surface area contributed by atoms with Gasteiger partial charge in [-0.15, -0.1) is 0 Å². The van der Waals surface area contributed by atoms with Crippen LogP contribution < -0.4 is 10.2 Å². The van der Waals surface area contributed by atoms with E-state index in [1.54, 1.807) is 6.21 Å². The van der Waals surface area contributed by atoms with Gasteiger partial charge >= 0.3 is 0 Å². The second kappa shape index (κ2) is 9.39. The molecule has 1 saturated carbocycles. The number of nitrogens with one attached hydrogen (secondary N) is 1. The lowest BCUT2D eigenvalue weighted by Gasteiger charge is -2.19. The molecule has 26 heavy (non-hydrogen) atoms. The Morgan fingerprint density at radius 2 is 1.85 bits per heavy atom. The monoisotopic (exact) mass is 370 g/mol. The third-order valence-electron chi connectivity index (χ3n) is 4.58. The SMILES string of the molecule is O=C(NN=Cc1ccccc1OCc1ccc(Cl)cc1)C1CCCCC1. The standard InChI is InChI=1S/C21H23ClN2O2/c22-19-12-10-16(11-13-19)15-26-20-9-5-4-8-18(20)14-23-24-21(25)17-6-2-1-3-7-17/h4-5,8-14,17H,1-3,6-7,15H2,(H,24,25). The van der Waals surface area contributed by atoms with Crippen LogP contribution in [0.3, 0.4) is 0 Å². The molecule has 0 heterocycles. The van der Waals surface area contributed by atoms with Crippen molar-refractivity contribution in [2.24, 2.45) is 11.0 Å². The fraction of sp³-hybridized carbons (Fsp3) is 0.333. The zero-order chi connectivity index (χ0) is 18.2. The molecule has 0 radical (unpaired) electrons. The Balaban J connectivity index is 1.57. The molecular weight excluding hydrogens is 348 g/mol. The van der Waals surface area contributed by atoms with Crippen LogP contribution in [0.4, 0.5) is 0 Å². The van der Waals surface area contributed by atoms with Crippen molar-refractivity contribution >= 4 is 23.7 Å². The van der Waals surface area contributed by atoms with E-state index in [2.05, 4.69) is 10.5 Å².